The van der Waals surface area contributed by atoms with Crippen LogP contribution < -0.4 is 15.5 Å². The van der Waals surface area contributed by atoms with Gasteiger partial charge in [-0.15, -0.1) is 0 Å². The highest BCUT2D eigenvalue weighted by atomic mass is 19.2. The Morgan fingerprint density at radius 3 is 2.52 bits per heavy atom. The lowest BCUT2D eigenvalue weighted by Gasteiger charge is -2.17. The van der Waals surface area contributed by atoms with Gasteiger partial charge in [-0.05, 0) is 48.7 Å². The van der Waals surface area contributed by atoms with Crippen molar-refractivity contribution in [3.05, 3.63) is 65.2 Å². The van der Waals surface area contributed by atoms with E-state index in [1.54, 1.807) is 11.8 Å². The van der Waals surface area contributed by atoms with E-state index in [9.17, 15) is 18.4 Å². The Morgan fingerprint density at radius 1 is 1.15 bits per heavy atom. The largest absolute Gasteiger partial charge is 0.334 e. The molecule has 0 spiro atoms. The molecule has 5 nitrogen and oxygen atoms in total. The van der Waals surface area contributed by atoms with Crippen LogP contribution in [0.2, 0.25) is 0 Å². The summed E-state index contributed by atoms with van der Waals surface area (Å²) in [5.41, 5.74) is 2.22. The molecule has 1 fully saturated rings. The number of hydrogen-bond acceptors (Lipinski definition) is 2. The van der Waals surface area contributed by atoms with Crippen molar-refractivity contribution >= 4 is 17.6 Å². The number of nitrogens with one attached hydrogen (secondary N) is 2. The predicted octanol–water partition coefficient (Wildman–Crippen LogP) is 3.65. The average Bonchev–Trinajstić information content (AvgIpc) is 3.08. The summed E-state index contributed by atoms with van der Waals surface area (Å²) in [6, 6.07) is 10.1. The van der Waals surface area contributed by atoms with Crippen LogP contribution in [0.5, 0.6) is 0 Å². The molecule has 142 valence electrons. The minimum absolute atomic E-state index is 0.131. The van der Waals surface area contributed by atoms with Crippen molar-refractivity contribution in [1.82, 2.24) is 10.6 Å². The van der Waals surface area contributed by atoms with Gasteiger partial charge >= 0.3 is 6.03 Å². The van der Waals surface area contributed by atoms with E-state index >= 15 is 0 Å². The van der Waals surface area contributed by atoms with Crippen molar-refractivity contribution in [2.75, 3.05) is 11.4 Å². The second kappa shape index (κ2) is 8.16. The topological polar surface area (TPSA) is 61.4 Å². The van der Waals surface area contributed by atoms with E-state index in [1.165, 1.54) is 6.07 Å². The van der Waals surface area contributed by atoms with Gasteiger partial charge in [0.1, 0.15) is 0 Å². The SMILES string of the molecule is C[C@@H](NC(=O)NCc1ccc(N2CCCC2=O)cc1)c1ccc(F)c(F)c1. The molecule has 0 saturated carbocycles. The van der Waals surface area contributed by atoms with Gasteiger partial charge in [-0.3, -0.25) is 4.79 Å². The molecule has 7 heteroatoms. The van der Waals surface area contributed by atoms with Gasteiger partial charge in [0.05, 0.1) is 6.04 Å². The lowest BCUT2D eigenvalue weighted by Crippen LogP contribution is -2.36. The molecule has 0 bridgehead atoms. The molecule has 1 heterocycles. The maximum atomic E-state index is 13.3. The number of benzene rings is 2. The zero-order valence-corrected chi connectivity index (χ0v) is 15.0. The molecule has 0 radical (unpaired) electrons. The molecule has 1 atom stereocenters. The van der Waals surface area contributed by atoms with Crippen LogP contribution in [0.4, 0.5) is 19.3 Å². The van der Waals surface area contributed by atoms with Crippen LogP contribution >= 0.6 is 0 Å². The summed E-state index contributed by atoms with van der Waals surface area (Å²) in [5.74, 6) is -1.74. The van der Waals surface area contributed by atoms with Gasteiger partial charge < -0.3 is 15.5 Å². The normalized spacial score (nSPS) is 14.9. The summed E-state index contributed by atoms with van der Waals surface area (Å²) in [4.78, 5) is 25.5. The Bertz CT molecular complexity index is 840. The molecule has 1 aliphatic rings. The Labute approximate surface area is 156 Å². The number of amides is 3. The van der Waals surface area contributed by atoms with Gasteiger partial charge in [-0.1, -0.05) is 18.2 Å². The van der Waals surface area contributed by atoms with Gasteiger partial charge in [0.2, 0.25) is 5.91 Å². The second-order valence-electron chi connectivity index (χ2n) is 6.54. The van der Waals surface area contributed by atoms with Crippen LogP contribution in [0.15, 0.2) is 42.5 Å². The molecule has 1 aliphatic heterocycles. The van der Waals surface area contributed by atoms with Crippen molar-refractivity contribution in [2.24, 2.45) is 0 Å². The van der Waals surface area contributed by atoms with Crippen molar-refractivity contribution in [1.29, 1.82) is 0 Å². The third-order valence-corrected chi connectivity index (χ3v) is 4.57. The van der Waals surface area contributed by atoms with Crippen molar-refractivity contribution < 1.29 is 18.4 Å². The first-order valence-electron chi connectivity index (χ1n) is 8.82. The predicted molar refractivity (Wildman–Crippen MR) is 98.2 cm³/mol. The van der Waals surface area contributed by atoms with Crippen molar-refractivity contribution in [2.45, 2.75) is 32.4 Å². The summed E-state index contributed by atoms with van der Waals surface area (Å²) in [5, 5.41) is 5.41. The lowest BCUT2D eigenvalue weighted by atomic mass is 10.1. The van der Waals surface area contributed by atoms with Crippen LogP contribution in [-0.4, -0.2) is 18.5 Å². The Morgan fingerprint density at radius 2 is 1.89 bits per heavy atom. The molecule has 0 aliphatic carbocycles. The first-order valence-corrected chi connectivity index (χ1v) is 8.82. The van der Waals surface area contributed by atoms with Crippen LogP contribution in [0.25, 0.3) is 0 Å². The molecule has 1 saturated heterocycles. The third kappa shape index (κ3) is 4.61. The van der Waals surface area contributed by atoms with Crippen LogP contribution in [0.3, 0.4) is 0 Å². The van der Waals surface area contributed by atoms with E-state index in [0.29, 0.717) is 18.5 Å². The highest BCUT2D eigenvalue weighted by molar-refractivity contribution is 5.95. The van der Waals surface area contributed by atoms with Crippen molar-refractivity contribution in [3.8, 4) is 0 Å². The number of rotatable bonds is 5. The van der Waals surface area contributed by atoms with Crippen molar-refractivity contribution in [3.63, 3.8) is 0 Å². The maximum absolute atomic E-state index is 13.3. The number of carbonyl (C=O) groups is 2. The maximum Gasteiger partial charge on any atom is 0.315 e. The molecular formula is C20H21F2N3O2. The standard InChI is InChI=1S/C20H21F2N3O2/c1-13(15-6-9-17(21)18(22)11-15)24-20(27)23-12-14-4-7-16(8-5-14)25-10-2-3-19(25)26/h4-9,11,13H,2-3,10,12H2,1H3,(H2,23,24,27)/t13-/m1/s1. The number of anilines is 1. The number of halogens is 2. The van der Waals surface area contributed by atoms with Crippen LogP contribution in [0, 0.1) is 11.6 Å². The van der Waals surface area contributed by atoms with E-state index in [-0.39, 0.29) is 5.91 Å². The van der Waals surface area contributed by atoms with Crippen LogP contribution in [-0.2, 0) is 11.3 Å². The van der Waals surface area contributed by atoms with E-state index in [4.69, 9.17) is 0 Å². The molecule has 2 N–H and O–H groups in total. The molecular weight excluding hydrogens is 352 g/mol. The summed E-state index contributed by atoms with van der Waals surface area (Å²) < 4.78 is 26.3. The molecule has 0 unspecified atom stereocenters. The third-order valence-electron chi connectivity index (χ3n) is 4.57. The molecule has 0 aromatic heterocycles. The number of nitrogens with zero attached hydrogens (tertiary/aromatic N) is 1. The highest BCUT2D eigenvalue weighted by Crippen LogP contribution is 2.21. The smallest absolute Gasteiger partial charge is 0.315 e. The fourth-order valence-electron chi connectivity index (χ4n) is 3.01. The fourth-order valence-corrected chi connectivity index (χ4v) is 3.01. The molecule has 3 rings (SSSR count). The summed E-state index contributed by atoms with van der Waals surface area (Å²) in [7, 11) is 0. The van der Waals surface area contributed by atoms with E-state index in [2.05, 4.69) is 10.6 Å². The second-order valence-corrected chi connectivity index (χ2v) is 6.54. The minimum atomic E-state index is -0.946. The fraction of sp³-hybridized carbons (Fsp3) is 0.300. The zero-order chi connectivity index (χ0) is 19.4. The number of carbonyl (C=O) groups excluding carboxylic acids is 2. The molecule has 2 aromatic carbocycles. The molecule has 27 heavy (non-hydrogen) atoms. The monoisotopic (exact) mass is 373 g/mol. The Kier molecular flexibility index (Phi) is 5.69. The Hall–Kier alpha value is -2.96. The highest BCUT2D eigenvalue weighted by Gasteiger charge is 2.21. The quantitative estimate of drug-likeness (QED) is 0.840. The zero-order valence-electron chi connectivity index (χ0n) is 15.0. The first-order chi connectivity index (χ1) is 12.9. The summed E-state index contributed by atoms with van der Waals surface area (Å²) >= 11 is 0. The number of hydrogen-bond donors (Lipinski definition) is 2. The number of urea groups is 1. The van der Waals surface area contributed by atoms with Crippen LogP contribution in [0.1, 0.15) is 36.9 Å². The van der Waals surface area contributed by atoms with Gasteiger partial charge in [0.25, 0.3) is 0 Å². The van der Waals surface area contributed by atoms with E-state index in [1.807, 2.05) is 24.3 Å². The van der Waals surface area contributed by atoms with Gasteiger partial charge in [0, 0.05) is 25.2 Å². The molecule has 2 aromatic rings. The molecule has 3 amide bonds. The summed E-state index contributed by atoms with van der Waals surface area (Å²) in [6.45, 7) is 2.74. The van der Waals surface area contributed by atoms with E-state index in [0.717, 1.165) is 36.3 Å². The first kappa shape index (κ1) is 18.8. The Balaban J connectivity index is 1.51. The van der Waals surface area contributed by atoms with Gasteiger partial charge in [-0.25, -0.2) is 13.6 Å². The minimum Gasteiger partial charge on any atom is -0.334 e. The van der Waals surface area contributed by atoms with Gasteiger partial charge in [-0.2, -0.15) is 0 Å². The average molecular weight is 373 g/mol. The summed E-state index contributed by atoms with van der Waals surface area (Å²) in [6.07, 6.45) is 1.46. The van der Waals surface area contributed by atoms with Gasteiger partial charge in [0.15, 0.2) is 11.6 Å². The van der Waals surface area contributed by atoms with E-state index < -0.39 is 23.7 Å². The lowest BCUT2D eigenvalue weighted by molar-refractivity contribution is -0.117.